The van der Waals surface area contributed by atoms with Crippen LogP contribution in [0, 0.1) is 5.92 Å². The molecule has 2 aliphatic heterocycles. The van der Waals surface area contributed by atoms with Gasteiger partial charge in [0.05, 0.1) is 4.47 Å². The molecule has 3 nitrogen and oxygen atoms in total. The van der Waals surface area contributed by atoms with Crippen LogP contribution in [0.3, 0.4) is 0 Å². The number of piperidine rings is 1. The smallest absolute Gasteiger partial charge is 0.265 e. The second kappa shape index (κ2) is 4.25. The highest BCUT2D eigenvalue weighted by molar-refractivity contribution is 9.10. The van der Waals surface area contributed by atoms with Gasteiger partial charge in [-0.15, -0.1) is 0 Å². The van der Waals surface area contributed by atoms with E-state index >= 15 is 0 Å². The molecular formula is C13H17BrN2O. The normalized spacial score (nSPS) is 26.7. The van der Waals surface area contributed by atoms with Crippen LogP contribution in [0.4, 0.5) is 0 Å². The minimum Gasteiger partial charge on any atom is -0.316 e. The first-order chi connectivity index (χ1) is 8.20. The van der Waals surface area contributed by atoms with Crippen molar-refractivity contribution in [3.63, 3.8) is 0 Å². The molecule has 1 aromatic rings. The first kappa shape index (κ1) is 11.5. The number of hydrogen-bond donors (Lipinski definition) is 1. The fourth-order valence-corrected chi connectivity index (χ4v) is 3.74. The van der Waals surface area contributed by atoms with E-state index in [4.69, 9.17) is 0 Å². The number of pyridine rings is 1. The van der Waals surface area contributed by atoms with Crippen molar-refractivity contribution in [1.29, 1.82) is 0 Å². The summed E-state index contributed by atoms with van der Waals surface area (Å²) < 4.78 is 2.75. The Labute approximate surface area is 109 Å². The van der Waals surface area contributed by atoms with Gasteiger partial charge in [0.15, 0.2) is 0 Å². The third-order valence-electron chi connectivity index (χ3n) is 4.03. The van der Waals surface area contributed by atoms with Crippen LogP contribution >= 0.6 is 15.9 Å². The summed E-state index contributed by atoms with van der Waals surface area (Å²) in [6.07, 6.45) is 2.14. The quantitative estimate of drug-likeness (QED) is 0.859. The van der Waals surface area contributed by atoms with Crippen molar-refractivity contribution in [2.24, 2.45) is 5.92 Å². The molecule has 92 valence electrons. The summed E-state index contributed by atoms with van der Waals surface area (Å²) in [5.74, 6) is 1.15. The topological polar surface area (TPSA) is 34.0 Å². The van der Waals surface area contributed by atoms with Crippen LogP contribution in [0.2, 0.25) is 0 Å². The summed E-state index contributed by atoms with van der Waals surface area (Å²) in [6.45, 7) is 5.04. The van der Waals surface area contributed by atoms with Crippen molar-refractivity contribution in [3.8, 4) is 0 Å². The van der Waals surface area contributed by atoms with Crippen LogP contribution < -0.4 is 10.9 Å². The maximum absolute atomic E-state index is 12.3. The monoisotopic (exact) mass is 296 g/mol. The minimum absolute atomic E-state index is 0.163. The van der Waals surface area contributed by atoms with E-state index in [1.165, 1.54) is 12.1 Å². The van der Waals surface area contributed by atoms with Crippen molar-refractivity contribution in [2.45, 2.75) is 32.2 Å². The Hall–Kier alpha value is -0.610. The molecule has 2 aliphatic rings. The zero-order chi connectivity index (χ0) is 12.0. The van der Waals surface area contributed by atoms with Crippen LogP contribution in [0.25, 0.3) is 0 Å². The molecule has 0 amide bonds. The average Bonchev–Trinajstić information content (AvgIpc) is 2.35. The Bertz CT molecular complexity index is 509. The SMILES string of the molecule is CCc1cc2n(c(=O)c1Br)CC1CNC[C@@H]2C1. The average molecular weight is 297 g/mol. The fourth-order valence-electron chi connectivity index (χ4n) is 3.13. The van der Waals surface area contributed by atoms with E-state index in [1.54, 1.807) is 0 Å². The molecule has 0 saturated carbocycles. The highest BCUT2D eigenvalue weighted by atomic mass is 79.9. The maximum atomic E-state index is 12.3. The second-order valence-electron chi connectivity index (χ2n) is 5.13. The summed E-state index contributed by atoms with van der Waals surface area (Å²) >= 11 is 3.45. The minimum atomic E-state index is 0.163. The number of halogens is 1. The summed E-state index contributed by atoms with van der Waals surface area (Å²) in [5, 5.41) is 3.47. The van der Waals surface area contributed by atoms with E-state index in [0.717, 1.165) is 36.1 Å². The van der Waals surface area contributed by atoms with Crippen molar-refractivity contribution < 1.29 is 0 Å². The lowest BCUT2D eigenvalue weighted by Gasteiger charge is -2.37. The molecule has 2 bridgehead atoms. The van der Waals surface area contributed by atoms with Gasteiger partial charge in [-0.2, -0.15) is 0 Å². The largest absolute Gasteiger partial charge is 0.316 e. The molecule has 2 atom stereocenters. The van der Waals surface area contributed by atoms with Gasteiger partial charge in [0.25, 0.3) is 5.56 Å². The Kier molecular flexibility index (Phi) is 2.87. The molecule has 0 aliphatic carbocycles. The molecule has 0 spiro atoms. The van der Waals surface area contributed by atoms with E-state index in [0.29, 0.717) is 11.8 Å². The van der Waals surface area contributed by atoms with Gasteiger partial charge < -0.3 is 9.88 Å². The van der Waals surface area contributed by atoms with Crippen LogP contribution in [0.15, 0.2) is 15.3 Å². The standard InChI is InChI=1S/C13H17BrN2O/c1-2-9-4-11-10-3-8(5-15-6-10)7-16(11)13(17)12(9)14/h4,8,10,15H,2-3,5-7H2,1H3/t8?,10-/m0/s1. The molecule has 3 heterocycles. The van der Waals surface area contributed by atoms with Gasteiger partial charge in [0.1, 0.15) is 0 Å². The van der Waals surface area contributed by atoms with E-state index in [-0.39, 0.29) is 5.56 Å². The van der Waals surface area contributed by atoms with Gasteiger partial charge in [-0.3, -0.25) is 4.79 Å². The highest BCUT2D eigenvalue weighted by Crippen LogP contribution is 2.33. The third kappa shape index (κ3) is 1.78. The Morgan fingerprint density at radius 1 is 1.53 bits per heavy atom. The van der Waals surface area contributed by atoms with E-state index in [9.17, 15) is 4.79 Å². The highest BCUT2D eigenvalue weighted by Gasteiger charge is 2.31. The van der Waals surface area contributed by atoms with E-state index in [2.05, 4.69) is 34.2 Å². The summed E-state index contributed by atoms with van der Waals surface area (Å²) in [6, 6.07) is 2.22. The van der Waals surface area contributed by atoms with Crippen molar-refractivity contribution in [3.05, 3.63) is 32.2 Å². The van der Waals surface area contributed by atoms with Crippen molar-refractivity contribution >= 4 is 15.9 Å². The Morgan fingerprint density at radius 3 is 3.12 bits per heavy atom. The van der Waals surface area contributed by atoms with Crippen molar-refractivity contribution in [2.75, 3.05) is 13.1 Å². The van der Waals surface area contributed by atoms with Crippen molar-refractivity contribution in [1.82, 2.24) is 9.88 Å². The number of nitrogens with one attached hydrogen (secondary N) is 1. The predicted molar refractivity (Wildman–Crippen MR) is 71.5 cm³/mol. The number of aromatic nitrogens is 1. The molecule has 4 heteroatoms. The van der Waals surface area contributed by atoms with Crippen LogP contribution in [0.5, 0.6) is 0 Å². The number of hydrogen-bond acceptors (Lipinski definition) is 2. The number of rotatable bonds is 1. The molecule has 1 saturated heterocycles. The number of nitrogens with zero attached hydrogens (tertiary/aromatic N) is 1. The lowest BCUT2D eigenvalue weighted by molar-refractivity contribution is 0.256. The molecule has 0 aromatic carbocycles. The molecule has 3 rings (SSSR count). The predicted octanol–water partition coefficient (Wildman–Crippen LogP) is 1.88. The lowest BCUT2D eigenvalue weighted by Crippen LogP contribution is -2.45. The number of fused-ring (bicyclic) bond motifs is 4. The molecule has 17 heavy (non-hydrogen) atoms. The van der Waals surface area contributed by atoms with E-state index in [1.807, 2.05) is 4.57 Å². The molecular weight excluding hydrogens is 280 g/mol. The van der Waals surface area contributed by atoms with Crippen LogP contribution in [0.1, 0.15) is 30.5 Å². The van der Waals surface area contributed by atoms with Gasteiger partial charge in [-0.1, -0.05) is 6.92 Å². The molecule has 1 unspecified atom stereocenters. The molecule has 1 N–H and O–H groups in total. The molecule has 1 aromatic heterocycles. The van der Waals surface area contributed by atoms with Gasteiger partial charge in [-0.25, -0.2) is 0 Å². The maximum Gasteiger partial charge on any atom is 0.265 e. The van der Waals surface area contributed by atoms with Gasteiger partial charge in [-0.05, 0) is 52.9 Å². The van der Waals surface area contributed by atoms with Crippen LogP contribution in [-0.2, 0) is 13.0 Å². The Balaban J connectivity index is 2.18. The summed E-state index contributed by atoms with van der Waals surface area (Å²) in [7, 11) is 0. The summed E-state index contributed by atoms with van der Waals surface area (Å²) in [4.78, 5) is 12.3. The first-order valence-corrected chi connectivity index (χ1v) is 7.12. The number of aryl methyl sites for hydroxylation is 1. The van der Waals surface area contributed by atoms with Gasteiger partial charge >= 0.3 is 0 Å². The first-order valence-electron chi connectivity index (χ1n) is 6.33. The third-order valence-corrected chi connectivity index (χ3v) is 4.88. The summed E-state index contributed by atoms with van der Waals surface area (Å²) in [5.41, 5.74) is 2.54. The Morgan fingerprint density at radius 2 is 2.35 bits per heavy atom. The fraction of sp³-hybridized carbons (Fsp3) is 0.615. The van der Waals surface area contributed by atoms with Gasteiger partial charge in [0.2, 0.25) is 0 Å². The molecule has 1 fully saturated rings. The zero-order valence-electron chi connectivity index (χ0n) is 10.0. The second-order valence-corrected chi connectivity index (χ2v) is 5.93. The zero-order valence-corrected chi connectivity index (χ0v) is 11.6. The van der Waals surface area contributed by atoms with Gasteiger partial charge in [0, 0.05) is 24.7 Å². The molecule has 0 radical (unpaired) electrons. The van der Waals surface area contributed by atoms with Crippen LogP contribution in [-0.4, -0.2) is 17.7 Å². The van der Waals surface area contributed by atoms with E-state index < -0.39 is 0 Å². The lowest BCUT2D eigenvalue weighted by atomic mass is 9.84.